The van der Waals surface area contributed by atoms with E-state index in [0.717, 1.165) is 0 Å². The molecule has 0 aliphatic carbocycles. The molecule has 6 nitrogen and oxygen atoms in total. The lowest BCUT2D eigenvalue weighted by Gasteiger charge is -2.05. The maximum absolute atomic E-state index is 10.7. The molecule has 0 amide bonds. The molecule has 1 atom stereocenters. The zero-order chi connectivity index (χ0) is 12.6. The van der Waals surface area contributed by atoms with Crippen LogP contribution in [0.5, 0.6) is 0 Å². The SMILES string of the molecule is CC(O)Cn1ncc2c(Cl)c([N+](=O)[O-])ccc21. The molecule has 90 valence electrons. The first kappa shape index (κ1) is 11.8. The van der Waals surface area contributed by atoms with Crippen molar-refractivity contribution in [2.75, 3.05) is 0 Å². The van der Waals surface area contributed by atoms with Gasteiger partial charge in [-0.15, -0.1) is 0 Å². The van der Waals surface area contributed by atoms with Gasteiger partial charge < -0.3 is 5.11 Å². The Bertz CT molecular complexity index is 579. The number of aliphatic hydroxyl groups excluding tert-OH is 1. The highest BCUT2D eigenvalue weighted by Crippen LogP contribution is 2.32. The van der Waals surface area contributed by atoms with Crippen molar-refractivity contribution in [3.8, 4) is 0 Å². The first-order valence-corrected chi connectivity index (χ1v) is 5.35. The second kappa shape index (κ2) is 4.31. The predicted octanol–water partition coefficient (Wildman–Crippen LogP) is 1.98. The number of nitrogens with zero attached hydrogens (tertiary/aromatic N) is 3. The summed E-state index contributed by atoms with van der Waals surface area (Å²) in [7, 11) is 0. The molecule has 17 heavy (non-hydrogen) atoms. The minimum Gasteiger partial charge on any atom is -0.391 e. The average Bonchev–Trinajstić information content (AvgIpc) is 2.61. The van der Waals surface area contributed by atoms with Gasteiger partial charge in [-0.2, -0.15) is 5.10 Å². The van der Waals surface area contributed by atoms with Crippen LogP contribution in [-0.2, 0) is 6.54 Å². The monoisotopic (exact) mass is 255 g/mol. The van der Waals surface area contributed by atoms with Crippen LogP contribution < -0.4 is 0 Å². The van der Waals surface area contributed by atoms with E-state index in [4.69, 9.17) is 11.6 Å². The predicted molar refractivity (Wildman–Crippen MR) is 63.1 cm³/mol. The van der Waals surface area contributed by atoms with Crippen molar-refractivity contribution >= 4 is 28.2 Å². The smallest absolute Gasteiger partial charge is 0.288 e. The van der Waals surface area contributed by atoms with Crippen LogP contribution >= 0.6 is 11.6 Å². The van der Waals surface area contributed by atoms with Crippen molar-refractivity contribution in [1.29, 1.82) is 0 Å². The number of nitro benzene ring substituents is 1. The summed E-state index contributed by atoms with van der Waals surface area (Å²) in [5.74, 6) is 0. The zero-order valence-electron chi connectivity index (χ0n) is 9.00. The third kappa shape index (κ3) is 2.09. The lowest BCUT2D eigenvalue weighted by atomic mass is 10.2. The van der Waals surface area contributed by atoms with E-state index < -0.39 is 11.0 Å². The number of hydrogen-bond donors (Lipinski definition) is 1. The summed E-state index contributed by atoms with van der Waals surface area (Å²) in [4.78, 5) is 10.2. The lowest BCUT2D eigenvalue weighted by molar-refractivity contribution is -0.384. The fourth-order valence-electron chi connectivity index (χ4n) is 1.65. The Kier molecular flexibility index (Phi) is 2.99. The molecule has 0 aliphatic rings. The molecule has 1 N–H and O–H groups in total. The van der Waals surface area contributed by atoms with E-state index in [1.165, 1.54) is 12.3 Å². The van der Waals surface area contributed by atoms with Crippen molar-refractivity contribution in [2.45, 2.75) is 19.6 Å². The average molecular weight is 256 g/mol. The fraction of sp³-hybridized carbons (Fsp3) is 0.300. The van der Waals surface area contributed by atoms with Gasteiger partial charge in [0.1, 0.15) is 5.02 Å². The quantitative estimate of drug-likeness (QED) is 0.672. The number of hydrogen-bond acceptors (Lipinski definition) is 4. The molecule has 0 fully saturated rings. The minimum atomic E-state index is -0.549. The van der Waals surface area contributed by atoms with Crippen LogP contribution in [0.1, 0.15) is 6.92 Å². The molecule has 0 saturated heterocycles. The van der Waals surface area contributed by atoms with Gasteiger partial charge in [-0.05, 0) is 13.0 Å². The van der Waals surface area contributed by atoms with E-state index in [9.17, 15) is 15.2 Å². The Balaban J connectivity index is 2.58. The Hall–Kier alpha value is -1.66. The zero-order valence-corrected chi connectivity index (χ0v) is 9.76. The number of rotatable bonds is 3. The fourth-order valence-corrected chi connectivity index (χ4v) is 1.92. The summed E-state index contributed by atoms with van der Waals surface area (Å²) >= 11 is 5.93. The van der Waals surface area contributed by atoms with Gasteiger partial charge in [0.05, 0.1) is 29.3 Å². The highest BCUT2D eigenvalue weighted by Gasteiger charge is 2.17. The summed E-state index contributed by atoms with van der Waals surface area (Å²) in [5.41, 5.74) is 0.525. The number of aromatic nitrogens is 2. The van der Waals surface area contributed by atoms with Gasteiger partial charge in [0.15, 0.2) is 0 Å². The van der Waals surface area contributed by atoms with Crippen LogP contribution in [0.2, 0.25) is 5.02 Å². The number of fused-ring (bicyclic) bond motifs is 1. The molecule has 1 heterocycles. The maximum atomic E-state index is 10.7. The van der Waals surface area contributed by atoms with E-state index in [1.54, 1.807) is 17.7 Å². The van der Waals surface area contributed by atoms with Crippen LogP contribution in [0, 0.1) is 10.1 Å². The second-order valence-corrected chi connectivity index (χ2v) is 4.14. The molecule has 0 spiro atoms. The van der Waals surface area contributed by atoms with Gasteiger partial charge in [0.2, 0.25) is 0 Å². The normalized spacial score (nSPS) is 12.9. The molecule has 2 aromatic rings. The first-order chi connectivity index (χ1) is 8.00. The van der Waals surface area contributed by atoms with Crippen molar-refractivity contribution in [1.82, 2.24) is 9.78 Å². The number of halogens is 1. The number of nitro groups is 1. The molecule has 2 rings (SSSR count). The molecule has 1 aromatic heterocycles. The first-order valence-electron chi connectivity index (χ1n) is 4.97. The number of benzene rings is 1. The van der Waals surface area contributed by atoms with E-state index in [0.29, 0.717) is 17.4 Å². The largest absolute Gasteiger partial charge is 0.391 e. The molecular weight excluding hydrogens is 246 g/mol. The summed E-state index contributed by atoms with van der Waals surface area (Å²) in [6, 6.07) is 2.92. The summed E-state index contributed by atoms with van der Waals surface area (Å²) in [5, 5.41) is 24.6. The van der Waals surface area contributed by atoms with Gasteiger partial charge in [0, 0.05) is 11.5 Å². The van der Waals surface area contributed by atoms with Gasteiger partial charge in [-0.3, -0.25) is 14.8 Å². The van der Waals surface area contributed by atoms with Crippen molar-refractivity contribution in [3.05, 3.63) is 33.5 Å². The molecule has 0 bridgehead atoms. The molecule has 1 unspecified atom stereocenters. The molecule has 0 aliphatic heterocycles. The minimum absolute atomic E-state index is 0.0735. The highest BCUT2D eigenvalue weighted by molar-refractivity contribution is 6.37. The van der Waals surface area contributed by atoms with Crippen molar-refractivity contribution < 1.29 is 10.0 Å². The van der Waals surface area contributed by atoms with Gasteiger partial charge in [0.25, 0.3) is 5.69 Å². The maximum Gasteiger partial charge on any atom is 0.288 e. The summed E-state index contributed by atoms with van der Waals surface area (Å²) in [6.45, 7) is 1.96. The van der Waals surface area contributed by atoms with Gasteiger partial charge in [-0.1, -0.05) is 11.6 Å². The highest BCUT2D eigenvalue weighted by atomic mass is 35.5. The van der Waals surface area contributed by atoms with Crippen molar-refractivity contribution in [2.24, 2.45) is 0 Å². The number of aliphatic hydroxyl groups is 1. The standard InChI is InChI=1S/C10H10ClN3O3/c1-6(15)5-13-8-2-3-9(14(16)17)10(11)7(8)4-12-13/h2-4,6,15H,5H2,1H3. The van der Waals surface area contributed by atoms with Crippen LogP contribution in [0.25, 0.3) is 10.9 Å². The van der Waals surface area contributed by atoms with Gasteiger partial charge >= 0.3 is 0 Å². The third-order valence-corrected chi connectivity index (χ3v) is 2.77. The Morgan fingerprint density at radius 3 is 2.94 bits per heavy atom. The van der Waals surface area contributed by atoms with Crippen LogP contribution in [0.4, 0.5) is 5.69 Å². The Labute approximate surface area is 102 Å². The van der Waals surface area contributed by atoms with Crippen molar-refractivity contribution in [3.63, 3.8) is 0 Å². The summed E-state index contributed by atoms with van der Waals surface area (Å²) < 4.78 is 1.57. The molecule has 0 radical (unpaired) electrons. The third-order valence-electron chi connectivity index (χ3n) is 2.37. The van der Waals surface area contributed by atoms with E-state index in [2.05, 4.69) is 5.10 Å². The van der Waals surface area contributed by atoms with E-state index >= 15 is 0 Å². The summed E-state index contributed by atoms with van der Waals surface area (Å²) in [6.07, 6.45) is 0.916. The Morgan fingerprint density at radius 1 is 1.65 bits per heavy atom. The van der Waals surface area contributed by atoms with Gasteiger partial charge in [-0.25, -0.2) is 0 Å². The molecular formula is C10H10ClN3O3. The second-order valence-electron chi connectivity index (χ2n) is 3.76. The van der Waals surface area contributed by atoms with E-state index in [1.807, 2.05) is 0 Å². The molecule has 7 heteroatoms. The lowest BCUT2D eigenvalue weighted by Crippen LogP contribution is -2.12. The Morgan fingerprint density at radius 2 is 2.35 bits per heavy atom. The van der Waals surface area contributed by atoms with E-state index in [-0.39, 0.29) is 10.7 Å². The molecule has 1 aromatic carbocycles. The van der Waals surface area contributed by atoms with Crippen LogP contribution in [0.15, 0.2) is 18.3 Å². The van der Waals surface area contributed by atoms with Crippen LogP contribution in [-0.4, -0.2) is 25.9 Å². The molecule has 0 saturated carbocycles. The topological polar surface area (TPSA) is 81.2 Å². The van der Waals surface area contributed by atoms with Crippen LogP contribution in [0.3, 0.4) is 0 Å².